The lowest BCUT2D eigenvalue weighted by molar-refractivity contribution is 0.0695. The van der Waals surface area contributed by atoms with Gasteiger partial charge in [-0.2, -0.15) is 0 Å². The minimum atomic E-state index is -1.32. The highest BCUT2D eigenvalue weighted by atomic mass is 32.1. The summed E-state index contributed by atoms with van der Waals surface area (Å²) < 4.78 is 13.2. The first-order chi connectivity index (χ1) is 12.3. The summed E-state index contributed by atoms with van der Waals surface area (Å²) in [5, 5.41) is 19.7. The van der Waals surface area contributed by atoms with E-state index in [2.05, 4.69) is 4.98 Å². The van der Waals surface area contributed by atoms with E-state index in [-0.39, 0.29) is 32.9 Å². The second-order valence-corrected chi connectivity index (χ2v) is 6.43. The summed E-state index contributed by atoms with van der Waals surface area (Å²) in [6.45, 7) is 1.56. The van der Waals surface area contributed by atoms with Crippen LogP contribution >= 0.6 is 11.3 Å². The number of nitrogens with two attached hydrogens (primary N) is 1. The number of aromatic carboxylic acids is 2. The van der Waals surface area contributed by atoms with Gasteiger partial charge in [-0.3, -0.25) is 0 Å². The molecule has 0 saturated heterocycles. The van der Waals surface area contributed by atoms with Gasteiger partial charge in [0.1, 0.15) is 16.5 Å². The molecule has 1 heterocycles. The minimum absolute atomic E-state index is 0.0527. The molecule has 6 nitrogen and oxygen atoms in total. The van der Waals surface area contributed by atoms with Crippen molar-refractivity contribution < 1.29 is 24.2 Å². The van der Waals surface area contributed by atoms with Gasteiger partial charge in [-0.25, -0.2) is 19.0 Å². The lowest BCUT2D eigenvalue weighted by Gasteiger charge is -2.16. The summed E-state index contributed by atoms with van der Waals surface area (Å²) in [4.78, 5) is 27.9. The lowest BCUT2D eigenvalue weighted by atomic mass is 9.87. The van der Waals surface area contributed by atoms with Crippen LogP contribution in [0.1, 0.15) is 26.3 Å². The van der Waals surface area contributed by atoms with E-state index in [0.29, 0.717) is 11.1 Å². The Morgan fingerprint density at radius 2 is 1.73 bits per heavy atom. The molecule has 2 aromatic carbocycles. The summed E-state index contributed by atoms with van der Waals surface area (Å²) in [5.41, 5.74) is 8.01. The molecule has 0 aliphatic heterocycles. The molecule has 3 aromatic rings. The van der Waals surface area contributed by atoms with Gasteiger partial charge < -0.3 is 15.9 Å². The number of carboxylic acids is 2. The Hall–Kier alpha value is -3.26. The van der Waals surface area contributed by atoms with Gasteiger partial charge in [-0.1, -0.05) is 12.1 Å². The fourth-order valence-electron chi connectivity index (χ4n) is 2.85. The van der Waals surface area contributed by atoms with Crippen LogP contribution in [0.25, 0.3) is 22.4 Å². The Morgan fingerprint density at radius 3 is 2.23 bits per heavy atom. The van der Waals surface area contributed by atoms with Crippen molar-refractivity contribution in [2.45, 2.75) is 6.92 Å². The number of carbonyl (C=O) groups is 2. The van der Waals surface area contributed by atoms with Gasteiger partial charge in [0, 0.05) is 5.56 Å². The molecular weight excluding hydrogens is 359 g/mol. The van der Waals surface area contributed by atoms with E-state index in [9.17, 15) is 24.2 Å². The van der Waals surface area contributed by atoms with Crippen LogP contribution in [0.3, 0.4) is 0 Å². The number of aromatic nitrogens is 1. The van der Waals surface area contributed by atoms with Crippen LogP contribution in [0, 0.1) is 12.7 Å². The highest BCUT2D eigenvalue weighted by molar-refractivity contribution is 7.14. The molecule has 132 valence electrons. The second kappa shape index (κ2) is 6.57. The fraction of sp³-hybridized carbons (Fsp3) is 0.0556. The predicted octanol–water partition coefficient (Wildman–Crippen LogP) is 3.90. The topological polar surface area (TPSA) is 114 Å². The maximum atomic E-state index is 13.2. The Bertz CT molecular complexity index is 1030. The molecule has 26 heavy (non-hydrogen) atoms. The molecule has 4 N–H and O–H groups in total. The summed E-state index contributed by atoms with van der Waals surface area (Å²) in [6, 6.07) is 6.75. The molecule has 0 radical (unpaired) electrons. The van der Waals surface area contributed by atoms with E-state index in [0.717, 1.165) is 11.3 Å². The molecule has 0 amide bonds. The molecule has 0 spiro atoms. The molecule has 3 rings (SSSR count). The highest BCUT2D eigenvalue weighted by Gasteiger charge is 2.28. The number of benzene rings is 2. The molecule has 0 aliphatic carbocycles. The normalized spacial score (nSPS) is 10.7. The van der Waals surface area contributed by atoms with Gasteiger partial charge in [-0.05, 0) is 41.8 Å². The summed E-state index contributed by atoms with van der Waals surface area (Å²) in [6.07, 6.45) is 0. The van der Waals surface area contributed by atoms with Crippen LogP contribution in [0.5, 0.6) is 0 Å². The van der Waals surface area contributed by atoms with Crippen LogP contribution in [0.4, 0.5) is 9.39 Å². The molecule has 0 saturated carbocycles. The predicted molar refractivity (Wildman–Crippen MR) is 96.0 cm³/mol. The Kier molecular flexibility index (Phi) is 4.43. The molecule has 0 aliphatic rings. The van der Waals surface area contributed by atoms with Crippen molar-refractivity contribution in [2.75, 3.05) is 5.73 Å². The summed E-state index contributed by atoms with van der Waals surface area (Å²) in [5.74, 6) is -3.07. The molecule has 0 bridgehead atoms. The van der Waals surface area contributed by atoms with Crippen molar-refractivity contribution in [2.24, 2.45) is 0 Å². The quantitative estimate of drug-likeness (QED) is 0.640. The van der Waals surface area contributed by atoms with Gasteiger partial charge in [0.05, 0.1) is 16.6 Å². The number of halogens is 1. The van der Waals surface area contributed by atoms with E-state index < -0.39 is 17.8 Å². The monoisotopic (exact) mass is 372 g/mol. The van der Waals surface area contributed by atoms with Crippen molar-refractivity contribution in [3.63, 3.8) is 0 Å². The molecule has 0 unspecified atom stereocenters. The van der Waals surface area contributed by atoms with Gasteiger partial charge in [-0.15, -0.1) is 11.3 Å². The first kappa shape index (κ1) is 17.6. The average Bonchev–Trinajstić information content (AvgIpc) is 2.99. The van der Waals surface area contributed by atoms with Gasteiger partial charge in [0.2, 0.25) is 0 Å². The standard InChI is InChI=1S/C18H13FN2O4S/c1-8-6-11(9-2-4-10(19)5-3-9)13(18(24)25)14(12(8)17(22)23)15-16(20)26-7-21-15/h2-7H,20H2,1H3,(H,22,23)(H,24,25). The average molecular weight is 372 g/mol. The fourth-order valence-corrected chi connectivity index (χ4v) is 3.39. The van der Waals surface area contributed by atoms with Crippen molar-refractivity contribution in [3.8, 4) is 22.4 Å². The first-order valence-corrected chi connectivity index (χ1v) is 8.28. The van der Waals surface area contributed by atoms with E-state index in [4.69, 9.17) is 5.73 Å². The van der Waals surface area contributed by atoms with Gasteiger partial charge in [0.15, 0.2) is 0 Å². The maximum absolute atomic E-state index is 13.2. The van der Waals surface area contributed by atoms with E-state index in [1.54, 1.807) is 6.92 Å². The molecule has 0 fully saturated rings. The minimum Gasteiger partial charge on any atom is -0.478 e. The number of hydrogen-bond acceptors (Lipinski definition) is 5. The van der Waals surface area contributed by atoms with Crippen molar-refractivity contribution in [1.82, 2.24) is 4.98 Å². The Morgan fingerprint density at radius 1 is 1.12 bits per heavy atom. The van der Waals surface area contributed by atoms with Gasteiger partial charge in [0.25, 0.3) is 0 Å². The van der Waals surface area contributed by atoms with Crippen LogP contribution in [-0.2, 0) is 0 Å². The third kappa shape index (κ3) is 2.91. The lowest BCUT2D eigenvalue weighted by Crippen LogP contribution is -2.12. The molecule has 0 atom stereocenters. The first-order valence-electron chi connectivity index (χ1n) is 7.40. The second-order valence-electron chi connectivity index (χ2n) is 5.55. The van der Waals surface area contributed by atoms with Crippen molar-refractivity contribution >= 4 is 28.3 Å². The smallest absolute Gasteiger partial charge is 0.337 e. The number of carboxylic acid groups (broad SMARTS) is 2. The van der Waals surface area contributed by atoms with Crippen molar-refractivity contribution in [3.05, 3.63) is 58.3 Å². The van der Waals surface area contributed by atoms with Crippen LogP contribution < -0.4 is 5.73 Å². The zero-order valence-corrected chi connectivity index (χ0v) is 14.3. The van der Waals surface area contributed by atoms with E-state index in [1.807, 2.05) is 0 Å². The number of rotatable bonds is 4. The number of anilines is 1. The van der Waals surface area contributed by atoms with Crippen LogP contribution in [-0.4, -0.2) is 27.1 Å². The third-order valence-corrected chi connectivity index (χ3v) is 4.60. The number of hydrogen-bond donors (Lipinski definition) is 3. The number of nitrogens with zero attached hydrogens (tertiary/aromatic N) is 1. The Labute approximate surface area is 151 Å². The number of nitrogen functional groups attached to an aromatic ring is 1. The van der Waals surface area contributed by atoms with Gasteiger partial charge >= 0.3 is 11.9 Å². The summed E-state index contributed by atoms with van der Waals surface area (Å²) >= 11 is 1.08. The molecule has 1 aromatic heterocycles. The summed E-state index contributed by atoms with van der Waals surface area (Å²) in [7, 11) is 0. The third-order valence-electron chi connectivity index (χ3n) is 3.94. The zero-order valence-electron chi connectivity index (χ0n) is 13.5. The van der Waals surface area contributed by atoms with E-state index in [1.165, 1.54) is 35.8 Å². The zero-order chi connectivity index (χ0) is 19.0. The highest BCUT2D eigenvalue weighted by Crippen LogP contribution is 2.40. The van der Waals surface area contributed by atoms with Crippen LogP contribution in [0.15, 0.2) is 35.8 Å². The largest absolute Gasteiger partial charge is 0.478 e. The number of aryl methyl sites for hydroxylation is 1. The molecular formula is C18H13FN2O4S. The van der Waals surface area contributed by atoms with Crippen molar-refractivity contribution in [1.29, 1.82) is 0 Å². The SMILES string of the molecule is Cc1cc(-c2ccc(F)cc2)c(C(=O)O)c(-c2ncsc2N)c1C(=O)O. The van der Waals surface area contributed by atoms with E-state index >= 15 is 0 Å². The Balaban J connectivity index is 2.47. The molecule has 8 heteroatoms. The van der Waals surface area contributed by atoms with Crippen LogP contribution in [0.2, 0.25) is 0 Å². The number of thiazole rings is 1. The maximum Gasteiger partial charge on any atom is 0.337 e.